The molecule has 1 aromatic carbocycles. The van der Waals surface area contributed by atoms with Crippen LogP contribution in [-0.4, -0.2) is 23.8 Å². The number of esters is 1. The van der Waals surface area contributed by atoms with Crippen molar-refractivity contribution in [2.45, 2.75) is 90.6 Å². The lowest BCUT2D eigenvalue weighted by atomic mass is 9.60. The van der Waals surface area contributed by atoms with E-state index in [1.54, 1.807) is 5.57 Å². The maximum atomic E-state index is 12.6. The van der Waals surface area contributed by atoms with Gasteiger partial charge in [0.05, 0.1) is 5.92 Å². The van der Waals surface area contributed by atoms with Gasteiger partial charge in [-0.15, -0.1) is 0 Å². The molecule has 4 fully saturated rings. The standard InChI is InChI=1S/C37H48O3/c1-24(23-34-35(27(4)36(39)40-34)31-11-7-6-8-12-31)32-19-20-33-30(13-9-21-37(32,33)5)18-17-29-16-15-28(14-10-22-38)25(2)26(29)3/h6-8,11-12,14,17-18,24-25,32-35,38H,3-4,9-10,13,15-16,19-23H2,1-2,5H3/b28-14-,29-17-,30-18+/t24-,25-,32-,33+,34-,35+,37-/m1/s1. The first-order chi connectivity index (χ1) is 19.2. The van der Waals surface area contributed by atoms with Gasteiger partial charge in [0, 0.05) is 18.1 Å². The Labute approximate surface area is 241 Å². The number of hydrogen-bond acceptors (Lipinski definition) is 3. The fourth-order valence-electron chi connectivity index (χ4n) is 8.72. The van der Waals surface area contributed by atoms with E-state index in [2.05, 4.69) is 64.3 Å². The van der Waals surface area contributed by atoms with Crippen LogP contribution in [0.2, 0.25) is 0 Å². The molecule has 0 radical (unpaired) electrons. The minimum absolute atomic E-state index is 0.0421. The van der Waals surface area contributed by atoms with Crippen LogP contribution < -0.4 is 0 Å². The molecule has 1 heterocycles. The fourth-order valence-corrected chi connectivity index (χ4v) is 8.72. The van der Waals surface area contributed by atoms with E-state index in [1.165, 1.54) is 48.8 Å². The highest BCUT2D eigenvalue weighted by atomic mass is 16.6. The van der Waals surface area contributed by atoms with Gasteiger partial charge < -0.3 is 9.84 Å². The molecular formula is C37H48O3. The van der Waals surface area contributed by atoms with Crippen LogP contribution in [0.3, 0.4) is 0 Å². The van der Waals surface area contributed by atoms with Crippen LogP contribution in [-0.2, 0) is 9.53 Å². The molecule has 214 valence electrons. The molecule has 40 heavy (non-hydrogen) atoms. The molecule has 0 bridgehead atoms. The summed E-state index contributed by atoms with van der Waals surface area (Å²) in [5.74, 6) is 1.82. The van der Waals surface area contributed by atoms with Crippen molar-refractivity contribution in [2.75, 3.05) is 6.61 Å². The Morgan fingerprint density at radius 2 is 1.85 bits per heavy atom. The van der Waals surface area contributed by atoms with Gasteiger partial charge in [0.25, 0.3) is 0 Å². The van der Waals surface area contributed by atoms with E-state index in [0.717, 1.165) is 31.2 Å². The SMILES string of the molecule is C=C1/C(=C\C=C2/CCC[C@]3(C)[C@@H]([C@H](C)C[C@H]4OC(=O)C(=C)[C@H]4c4ccccc4)CC[C@@H]23)CC/C(=C/CCO)[C@@H]1C. The normalized spacial score (nSPS) is 36.4. The van der Waals surface area contributed by atoms with Crippen molar-refractivity contribution >= 4 is 5.97 Å². The molecule has 1 aliphatic heterocycles. The molecule has 0 aromatic heterocycles. The number of ether oxygens (including phenoxy) is 1. The number of benzene rings is 1. The second-order valence-electron chi connectivity index (χ2n) is 13.1. The third-order valence-electron chi connectivity index (χ3n) is 11.0. The van der Waals surface area contributed by atoms with Crippen LogP contribution in [0.15, 0.2) is 89.6 Å². The molecule has 3 heteroatoms. The van der Waals surface area contributed by atoms with Crippen LogP contribution in [0, 0.1) is 29.1 Å². The van der Waals surface area contributed by atoms with Crippen molar-refractivity contribution < 1.29 is 14.6 Å². The van der Waals surface area contributed by atoms with Crippen LogP contribution in [0.5, 0.6) is 0 Å². The fraction of sp³-hybridized carbons (Fsp3) is 0.541. The number of aliphatic hydroxyl groups is 1. The summed E-state index contributed by atoms with van der Waals surface area (Å²) >= 11 is 0. The summed E-state index contributed by atoms with van der Waals surface area (Å²) in [6.45, 7) is 16.0. The molecule has 0 amide bonds. The van der Waals surface area contributed by atoms with Gasteiger partial charge in [-0.05, 0) is 97.7 Å². The molecule has 0 unspecified atom stereocenters. The van der Waals surface area contributed by atoms with Crippen molar-refractivity contribution in [1.82, 2.24) is 0 Å². The third-order valence-corrected chi connectivity index (χ3v) is 11.0. The van der Waals surface area contributed by atoms with E-state index in [9.17, 15) is 9.90 Å². The van der Waals surface area contributed by atoms with E-state index >= 15 is 0 Å². The van der Waals surface area contributed by atoms with Crippen molar-refractivity contribution in [3.8, 4) is 0 Å². The van der Waals surface area contributed by atoms with Gasteiger partial charge in [0.15, 0.2) is 0 Å². The van der Waals surface area contributed by atoms with Crippen molar-refractivity contribution in [3.05, 3.63) is 95.1 Å². The van der Waals surface area contributed by atoms with E-state index in [0.29, 0.717) is 34.7 Å². The maximum Gasteiger partial charge on any atom is 0.334 e. The zero-order valence-electron chi connectivity index (χ0n) is 24.8. The van der Waals surface area contributed by atoms with Crippen molar-refractivity contribution in [3.63, 3.8) is 0 Å². The zero-order chi connectivity index (χ0) is 28.4. The number of allylic oxidation sites excluding steroid dienone is 6. The van der Waals surface area contributed by atoms with E-state index < -0.39 is 0 Å². The van der Waals surface area contributed by atoms with Gasteiger partial charge in [0.1, 0.15) is 6.10 Å². The number of rotatable bonds is 7. The quantitative estimate of drug-likeness (QED) is 0.214. The number of cyclic esters (lactones) is 1. The second kappa shape index (κ2) is 12.1. The molecule has 3 nitrogen and oxygen atoms in total. The second-order valence-corrected chi connectivity index (χ2v) is 13.1. The Kier molecular flexibility index (Phi) is 8.71. The first-order valence-corrected chi connectivity index (χ1v) is 15.6. The number of carbonyl (C=O) groups is 1. The van der Waals surface area contributed by atoms with Crippen LogP contribution in [0.4, 0.5) is 0 Å². The summed E-state index contributed by atoms with van der Waals surface area (Å²) in [4.78, 5) is 12.6. The van der Waals surface area contributed by atoms with Gasteiger partial charge >= 0.3 is 5.97 Å². The van der Waals surface area contributed by atoms with Crippen molar-refractivity contribution in [1.29, 1.82) is 0 Å². The summed E-state index contributed by atoms with van der Waals surface area (Å²) in [6, 6.07) is 10.3. The summed E-state index contributed by atoms with van der Waals surface area (Å²) in [5, 5.41) is 9.22. The monoisotopic (exact) mass is 540 g/mol. The molecule has 1 N–H and O–H groups in total. The molecule has 5 rings (SSSR count). The van der Waals surface area contributed by atoms with Gasteiger partial charge in [-0.1, -0.05) is 93.6 Å². The Morgan fingerprint density at radius 1 is 1.07 bits per heavy atom. The maximum absolute atomic E-state index is 12.6. The van der Waals surface area contributed by atoms with Crippen LogP contribution >= 0.6 is 0 Å². The molecule has 1 aromatic rings. The summed E-state index contributed by atoms with van der Waals surface area (Å²) in [5.41, 5.74) is 7.71. The summed E-state index contributed by atoms with van der Waals surface area (Å²) in [7, 11) is 0. The average Bonchev–Trinajstić information content (AvgIpc) is 3.44. The lowest BCUT2D eigenvalue weighted by molar-refractivity contribution is -0.139. The number of carbonyl (C=O) groups excluding carboxylic acids is 1. The van der Waals surface area contributed by atoms with Crippen LogP contribution in [0.1, 0.15) is 90.0 Å². The number of fused-ring (bicyclic) bond motifs is 1. The predicted molar refractivity (Wildman–Crippen MR) is 164 cm³/mol. The predicted octanol–water partition coefficient (Wildman–Crippen LogP) is 8.64. The highest BCUT2D eigenvalue weighted by Crippen LogP contribution is 2.60. The van der Waals surface area contributed by atoms with Gasteiger partial charge in [-0.25, -0.2) is 4.79 Å². The topological polar surface area (TPSA) is 46.5 Å². The number of aliphatic hydroxyl groups excluding tert-OH is 1. The lowest BCUT2D eigenvalue weighted by Gasteiger charge is -2.44. The molecule has 7 atom stereocenters. The number of hydrogen-bond donors (Lipinski definition) is 1. The van der Waals surface area contributed by atoms with Gasteiger partial charge in [0.2, 0.25) is 0 Å². The van der Waals surface area contributed by atoms with E-state index in [4.69, 9.17) is 4.74 Å². The largest absolute Gasteiger partial charge is 0.458 e. The first kappa shape index (κ1) is 28.9. The highest BCUT2D eigenvalue weighted by molar-refractivity contribution is 5.92. The minimum atomic E-state index is -0.230. The zero-order valence-corrected chi connectivity index (χ0v) is 24.8. The molecular weight excluding hydrogens is 492 g/mol. The summed E-state index contributed by atoms with van der Waals surface area (Å²) < 4.78 is 5.93. The smallest absolute Gasteiger partial charge is 0.334 e. The van der Waals surface area contributed by atoms with E-state index in [-0.39, 0.29) is 24.6 Å². The molecule has 3 saturated carbocycles. The Balaban J connectivity index is 1.30. The van der Waals surface area contributed by atoms with Crippen molar-refractivity contribution in [2.24, 2.45) is 29.1 Å². The highest BCUT2D eigenvalue weighted by Gasteiger charge is 2.52. The minimum Gasteiger partial charge on any atom is -0.458 e. The summed E-state index contributed by atoms with van der Waals surface area (Å²) in [6.07, 6.45) is 16.9. The van der Waals surface area contributed by atoms with Crippen LogP contribution in [0.25, 0.3) is 0 Å². The molecule has 4 aliphatic rings. The Hall–Kier alpha value is -2.65. The third kappa shape index (κ3) is 5.47. The lowest BCUT2D eigenvalue weighted by Crippen LogP contribution is -2.37. The average molecular weight is 541 g/mol. The molecule has 0 spiro atoms. The molecule has 1 saturated heterocycles. The first-order valence-electron chi connectivity index (χ1n) is 15.6. The Bertz CT molecular complexity index is 1220. The van der Waals surface area contributed by atoms with Gasteiger partial charge in [-0.3, -0.25) is 0 Å². The van der Waals surface area contributed by atoms with Gasteiger partial charge in [-0.2, -0.15) is 0 Å². The molecule has 3 aliphatic carbocycles. The van der Waals surface area contributed by atoms with E-state index in [1.807, 2.05) is 18.2 Å². The Morgan fingerprint density at radius 3 is 2.60 bits per heavy atom.